The van der Waals surface area contributed by atoms with Crippen molar-refractivity contribution in [3.8, 4) is 0 Å². The Labute approximate surface area is 516 Å². The van der Waals surface area contributed by atoms with Gasteiger partial charge in [0.15, 0.2) is 6.10 Å². The topological polar surface area (TPSA) is 362 Å². The van der Waals surface area contributed by atoms with E-state index in [2.05, 4.69) is 26.3 Å². The molecule has 3 amide bonds. The number of ether oxygens (including phenoxy) is 14. The van der Waals surface area contributed by atoms with Crippen molar-refractivity contribution in [2.75, 3.05) is 164 Å². The zero-order chi connectivity index (χ0) is 64.5. The van der Waals surface area contributed by atoms with Gasteiger partial charge in [-0.1, -0.05) is 32.1 Å². The molecule has 0 spiro atoms. The standard InChI is InChI=1S/C59H100N6O23/c1-41(2)50(56(71)60-43(4)55(70)61-46-11-9-45(40-87-58(74)59(5,6)7)44(38-46)10-12-48-51(67)52(68)53(69)54(88-48)57(72)73)62-49(66)37-42(3)47-39-65(64-63-47)13-14-76-17-18-78-21-22-80-25-26-82-29-30-84-33-34-86-36-35-85-32-31-83-28-27-81-24-23-79-20-19-77-16-15-75-8/h9,11,38-39,41-43,48,50-54,67-69H,10,12-37,40H2,1-8H3,(H,60,71)(H,61,70)(H,62,66)(H,72,73)/t42-,43+,48+,50+,51+,52-,53+,54+/m1/s1. The number of aliphatic hydroxyl groups is 3. The fourth-order valence-electron chi connectivity index (χ4n) is 8.15. The van der Waals surface area contributed by atoms with Gasteiger partial charge in [-0.15, -0.1) is 5.10 Å². The van der Waals surface area contributed by atoms with Crippen LogP contribution in [0.3, 0.4) is 0 Å². The van der Waals surface area contributed by atoms with E-state index >= 15 is 0 Å². The van der Waals surface area contributed by atoms with E-state index in [0.717, 1.165) is 0 Å². The van der Waals surface area contributed by atoms with Crippen molar-refractivity contribution < 1.29 is 111 Å². The number of esters is 1. The molecule has 0 unspecified atom stereocenters. The average Bonchev–Trinajstić information content (AvgIpc) is 3.58. The Morgan fingerprint density at radius 3 is 1.52 bits per heavy atom. The summed E-state index contributed by atoms with van der Waals surface area (Å²) in [5, 5.41) is 57.3. The second-order valence-corrected chi connectivity index (χ2v) is 22.0. The Bertz CT molecular complexity index is 2240. The van der Waals surface area contributed by atoms with Crippen molar-refractivity contribution in [2.24, 2.45) is 11.3 Å². The van der Waals surface area contributed by atoms with Crippen LogP contribution in [0.2, 0.25) is 0 Å². The smallest absolute Gasteiger partial charge is 0.335 e. The molecule has 0 bridgehead atoms. The van der Waals surface area contributed by atoms with Gasteiger partial charge in [0, 0.05) is 31.3 Å². The minimum absolute atomic E-state index is 0.00528. The lowest BCUT2D eigenvalue weighted by Crippen LogP contribution is -2.59. The molecule has 0 radical (unpaired) electrons. The van der Waals surface area contributed by atoms with Gasteiger partial charge in [-0.3, -0.25) is 19.2 Å². The van der Waals surface area contributed by atoms with Gasteiger partial charge in [0.05, 0.1) is 176 Å². The molecule has 88 heavy (non-hydrogen) atoms. The highest BCUT2D eigenvalue weighted by atomic mass is 16.6. The third-order valence-electron chi connectivity index (χ3n) is 13.3. The van der Waals surface area contributed by atoms with Crippen LogP contribution in [-0.4, -0.2) is 267 Å². The van der Waals surface area contributed by atoms with E-state index in [1.165, 1.54) is 6.92 Å². The van der Waals surface area contributed by atoms with Crippen molar-refractivity contribution >= 4 is 35.3 Å². The van der Waals surface area contributed by atoms with Crippen LogP contribution in [0.4, 0.5) is 5.69 Å². The molecular weight excluding hydrogens is 1160 g/mol. The van der Waals surface area contributed by atoms with Crippen LogP contribution in [-0.2, 0) is 110 Å². The van der Waals surface area contributed by atoms with Crippen molar-refractivity contribution in [1.29, 1.82) is 0 Å². The molecule has 504 valence electrons. The summed E-state index contributed by atoms with van der Waals surface area (Å²) >= 11 is 0. The summed E-state index contributed by atoms with van der Waals surface area (Å²) in [6.07, 6.45) is -6.38. The minimum atomic E-state index is -1.85. The number of hydrogen-bond donors (Lipinski definition) is 7. The number of rotatable bonds is 51. The summed E-state index contributed by atoms with van der Waals surface area (Å²) < 4.78 is 78.1. The predicted molar refractivity (Wildman–Crippen MR) is 315 cm³/mol. The van der Waals surface area contributed by atoms with Gasteiger partial charge in [0.1, 0.15) is 37.0 Å². The molecule has 8 atom stereocenters. The molecule has 0 aliphatic carbocycles. The Hall–Kier alpha value is -4.93. The number of methoxy groups -OCH3 is 1. The van der Waals surface area contributed by atoms with Gasteiger partial charge < -0.3 is 103 Å². The van der Waals surface area contributed by atoms with E-state index in [1.54, 1.807) is 70.8 Å². The summed E-state index contributed by atoms with van der Waals surface area (Å²) in [6, 6.07) is 2.76. The molecular formula is C59H100N6O23. The van der Waals surface area contributed by atoms with Gasteiger partial charge in [0.25, 0.3) is 0 Å². The normalized spacial score (nSPS) is 18.0. The number of carboxylic acids is 1. The van der Waals surface area contributed by atoms with E-state index in [4.69, 9.17) is 66.3 Å². The first-order chi connectivity index (χ1) is 42.2. The number of carbonyl (C=O) groups is 5. The van der Waals surface area contributed by atoms with E-state index in [9.17, 15) is 44.4 Å². The van der Waals surface area contributed by atoms with Gasteiger partial charge >= 0.3 is 11.9 Å². The summed E-state index contributed by atoms with van der Waals surface area (Å²) in [6.45, 7) is 22.8. The number of aryl methyl sites for hydroxylation is 1. The Morgan fingerprint density at radius 1 is 0.614 bits per heavy atom. The number of aliphatic carboxylic acids is 1. The Morgan fingerprint density at radius 2 is 1.08 bits per heavy atom. The summed E-state index contributed by atoms with van der Waals surface area (Å²) in [7, 11) is 1.63. The number of hydrogen-bond acceptors (Lipinski definition) is 24. The van der Waals surface area contributed by atoms with Crippen LogP contribution in [0.1, 0.15) is 84.0 Å². The van der Waals surface area contributed by atoms with Crippen molar-refractivity contribution in [2.45, 2.75) is 129 Å². The molecule has 1 aliphatic rings. The summed E-state index contributed by atoms with van der Waals surface area (Å²) in [5.41, 5.74) is 1.16. The molecule has 2 heterocycles. The number of carboxylic acid groups (broad SMARTS) is 1. The fourth-order valence-corrected chi connectivity index (χ4v) is 8.15. The number of benzene rings is 1. The number of nitrogens with one attached hydrogen (secondary N) is 3. The van der Waals surface area contributed by atoms with Crippen LogP contribution in [0.15, 0.2) is 24.4 Å². The number of aromatic nitrogens is 3. The maximum atomic E-state index is 13.6. The van der Waals surface area contributed by atoms with Gasteiger partial charge in [0.2, 0.25) is 17.7 Å². The highest BCUT2D eigenvalue weighted by molar-refractivity contribution is 5.98. The maximum Gasteiger partial charge on any atom is 0.335 e. The van der Waals surface area contributed by atoms with Crippen LogP contribution in [0, 0.1) is 11.3 Å². The molecule has 29 nitrogen and oxygen atoms in total. The van der Waals surface area contributed by atoms with Gasteiger partial charge in [-0.25, -0.2) is 9.48 Å². The van der Waals surface area contributed by atoms with Crippen LogP contribution in [0.5, 0.6) is 0 Å². The van der Waals surface area contributed by atoms with Crippen molar-refractivity contribution in [3.63, 3.8) is 0 Å². The predicted octanol–water partition coefficient (Wildman–Crippen LogP) is 0.841. The maximum absolute atomic E-state index is 13.6. The van der Waals surface area contributed by atoms with Crippen LogP contribution in [0.25, 0.3) is 0 Å². The van der Waals surface area contributed by atoms with E-state index in [-0.39, 0.29) is 37.7 Å². The second-order valence-electron chi connectivity index (χ2n) is 22.0. The lowest BCUT2D eigenvalue weighted by Gasteiger charge is -2.39. The second kappa shape index (κ2) is 45.3. The largest absolute Gasteiger partial charge is 0.479 e. The third-order valence-corrected chi connectivity index (χ3v) is 13.3. The number of carbonyl (C=O) groups excluding carboxylic acids is 4. The molecule has 29 heteroatoms. The zero-order valence-electron chi connectivity index (χ0n) is 52.7. The lowest BCUT2D eigenvalue weighted by atomic mass is 9.91. The minimum Gasteiger partial charge on any atom is -0.479 e. The van der Waals surface area contributed by atoms with Gasteiger partial charge in [-0.2, -0.15) is 0 Å². The Kier molecular flexibility index (Phi) is 39.8. The highest BCUT2D eigenvalue weighted by Crippen LogP contribution is 2.28. The van der Waals surface area contributed by atoms with E-state index in [0.29, 0.717) is 181 Å². The molecule has 1 saturated heterocycles. The first-order valence-corrected chi connectivity index (χ1v) is 30.1. The van der Waals surface area contributed by atoms with Crippen molar-refractivity contribution in [1.82, 2.24) is 25.6 Å². The Balaban J connectivity index is 1.22. The molecule has 1 fully saturated rings. The molecule has 1 aromatic heterocycles. The first-order valence-electron chi connectivity index (χ1n) is 30.1. The monoisotopic (exact) mass is 1260 g/mol. The number of aliphatic hydroxyl groups excluding tert-OH is 3. The molecule has 1 aromatic carbocycles. The molecule has 2 aromatic rings. The average molecular weight is 1260 g/mol. The molecule has 1 aliphatic heterocycles. The van der Waals surface area contributed by atoms with Crippen molar-refractivity contribution in [3.05, 3.63) is 41.2 Å². The molecule has 7 N–H and O–H groups in total. The number of nitrogens with zero attached hydrogens (tertiary/aromatic N) is 3. The van der Waals surface area contributed by atoms with E-state index < -0.39 is 77.7 Å². The lowest BCUT2D eigenvalue weighted by molar-refractivity contribution is -0.228. The summed E-state index contributed by atoms with van der Waals surface area (Å²) in [4.78, 5) is 64.7. The van der Waals surface area contributed by atoms with Gasteiger partial charge in [-0.05, 0) is 69.7 Å². The summed E-state index contributed by atoms with van der Waals surface area (Å²) in [5.74, 6) is -4.26. The van der Waals surface area contributed by atoms with Crippen LogP contribution >= 0.6 is 0 Å². The number of amides is 3. The highest BCUT2D eigenvalue weighted by Gasteiger charge is 2.46. The molecule has 3 rings (SSSR count). The molecule has 0 saturated carbocycles. The first kappa shape index (κ1) is 77.3. The zero-order valence-corrected chi connectivity index (χ0v) is 52.7. The number of anilines is 1. The fraction of sp³-hybridized carbons (Fsp3) is 0.780. The van der Waals surface area contributed by atoms with Crippen LogP contribution < -0.4 is 16.0 Å². The quantitative estimate of drug-likeness (QED) is 0.0356. The third kappa shape index (κ3) is 32.7. The SMILES string of the molecule is COCCOCCOCCOCCOCCOCCOCCOCCOCCOCCOCCOCCn1cc([C@H](C)CC(=O)N[C@H](C(=O)N[C@@H](C)C(=O)Nc2ccc(COC(=O)C(C)(C)C)c(CC[C@@H]3O[C@H](C(=O)O)[C@@H](O)[C@H](O)[C@H]3O)c2)C(C)C)nn1. The van der Waals surface area contributed by atoms with E-state index in [1.807, 2.05) is 6.92 Å².